The van der Waals surface area contributed by atoms with Gasteiger partial charge in [0.25, 0.3) is 0 Å². The van der Waals surface area contributed by atoms with Crippen molar-refractivity contribution in [3.63, 3.8) is 0 Å². The summed E-state index contributed by atoms with van der Waals surface area (Å²) in [5.74, 6) is 0. The van der Waals surface area contributed by atoms with Crippen molar-refractivity contribution in [3.8, 4) is 5.69 Å². The molecule has 0 aliphatic carbocycles. The van der Waals surface area contributed by atoms with Crippen LogP contribution in [0.15, 0.2) is 143 Å². The summed E-state index contributed by atoms with van der Waals surface area (Å²) in [6.45, 7) is 18.4. The molecule has 0 unspecified atom stereocenters. The molecular weight excluding hydrogens is 625 g/mol. The smallest absolute Gasteiger partial charge is 0.0541 e. The number of hydrogen-bond acceptors (Lipinski definition) is 2. The van der Waals surface area contributed by atoms with Crippen molar-refractivity contribution in [3.05, 3.63) is 156 Å². The van der Waals surface area contributed by atoms with Gasteiger partial charge >= 0.3 is 0 Å². The zero-order chi connectivity index (χ0) is 35.0. The first-order valence-electron chi connectivity index (χ1n) is 17.8. The predicted molar refractivity (Wildman–Crippen MR) is 216 cm³/mol. The molecule has 2 heterocycles. The van der Waals surface area contributed by atoms with Crippen molar-refractivity contribution in [2.24, 2.45) is 0 Å². The van der Waals surface area contributed by atoms with Crippen molar-refractivity contribution < 1.29 is 0 Å². The molecule has 50 heavy (non-hydrogen) atoms. The third kappa shape index (κ3) is 5.43. The van der Waals surface area contributed by atoms with Gasteiger partial charge in [-0.3, -0.25) is 0 Å². The number of nitrogens with zero attached hydrogens (tertiary/aromatic N) is 2. The average Bonchev–Trinajstić information content (AvgIpc) is 3.42. The lowest BCUT2D eigenvalue weighted by Gasteiger charge is -2.42. The number of benzene rings is 6. The second-order valence-electron chi connectivity index (χ2n) is 16.4. The van der Waals surface area contributed by atoms with E-state index in [0.29, 0.717) is 0 Å². The zero-order valence-corrected chi connectivity index (χ0v) is 31.3. The first-order chi connectivity index (χ1) is 23.8. The van der Waals surface area contributed by atoms with Crippen LogP contribution >= 0.6 is 11.8 Å². The van der Waals surface area contributed by atoms with Crippen molar-refractivity contribution in [2.75, 3.05) is 4.90 Å². The van der Waals surface area contributed by atoms with Gasteiger partial charge in [-0.25, -0.2) is 0 Å². The molecule has 0 N–H and O–H groups in total. The molecule has 250 valence electrons. The van der Waals surface area contributed by atoms with Crippen LogP contribution in [0, 0.1) is 0 Å². The topological polar surface area (TPSA) is 8.17 Å². The zero-order valence-electron chi connectivity index (χ0n) is 30.5. The van der Waals surface area contributed by atoms with E-state index in [-0.39, 0.29) is 16.2 Å². The van der Waals surface area contributed by atoms with E-state index in [2.05, 4.69) is 198 Å². The first kappa shape index (κ1) is 32.5. The van der Waals surface area contributed by atoms with Crippen molar-refractivity contribution in [1.29, 1.82) is 0 Å². The van der Waals surface area contributed by atoms with E-state index in [1.807, 2.05) is 11.8 Å². The fraction of sp³-hybridized carbons (Fsp3) is 0.234. The summed E-state index contributed by atoms with van der Waals surface area (Å²) in [6, 6.07) is 49.8. The summed E-state index contributed by atoms with van der Waals surface area (Å²) in [5, 5.41) is 2.64. The number of para-hydroxylation sites is 2. The van der Waals surface area contributed by atoms with Gasteiger partial charge in [0, 0.05) is 37.4 Å². The van der Waals surface area contributed by atoms with Crippen LogP contribution in [0.3, 0.4) is 0 Å². The second-order valence-corrected chi connectivity index (χ2v) is 17.5. The number of hydrogen-bond donors (Lipinski definition) is 0. The third-order valence-electron chi connectivity index (χ3n) is 10.6. The Bertz CT molecular complexity index is 2260. The molecule has 0 fully saturated rings. The maximum absolute atomic E-state index is 2.43. The van der Waals surface area contributed by atoms with E-state index in [4.69, 9.17) is 0 Å². The highest BCUT2D eigenvalue weighted by molar-refractivity contribution is 7.99. The van der Waals surface area contributed by atoms with E-state index in [9.17, 15) is 0 Å². The van der Waals surface area contributed by atoms with Gasteiger partial charge in [-0.15, -0.1) is 0 Å². The van der Waals surface area contributed by atoms with Gasteiger partial charge in [0.1, 0.15) is 0 Å². The van der Waals surface area contributed by atoms with E-state index in [0.717, 1.165) is 0 Å². The van der Waals surface area contributed by atoms with Gasteiger partial charge in [0.05, 0.1) is 22.4 Å². The summed E-state index contributed by atoms with van der Waals surface area (Å²) in [4.78, 5) is 4.86. The molecule has 1 aromatic heterocycles. The van der Waals surface area contributed by atoms with E-state index < -0.39 is 0 Å². The minimum atomic E-state index is -0.0599. The summed E-state index contributed by atoms with van der Waals surface area (Å²) in [6.07, 6.45) is 0. The summed E-state index contributed by atoms with van der Waals surface area (Å²) < 4.78 is 2.43. The summed E-state index contributed by atoms with van der Waals surface area (Å²) >= 11 is 1.81. The lowest BCUT2D eigenvalue weighted by atomic mass is 9.73. The van der Waals surface area contributed by atoms with Crippen LogP contribution in [0.1, 0.15) is 77.6 Å². The molecule has 1 aliphatic rings. The molecule has 0 bridgehead atoms. The van der Waals surface area contributed by atoms with Crippen LogP contribution in [0.5, 0.6) is 0 Å². The first-order valence-corrected chi connectivity index (χ1v) is 18.6. The molecule has 0 amide bonds. The Morgan fingerprint density at radius 2 is 0.900 bits per heavy atom. The normalized spacial score (nSPS) is 14.2. The van der Waals surface area contributed by atoms with Crippen LogP contribution in [-0.2, 0) is 16.2 Å². The molecule has 1 aliphatic heterocycles. The molecule has 0 spiro atoms. The molecule has 3 heteroatoms. The third-order valence-corrected chi connectivity index (χ3v) is 11.6. The number of rotatable bonds is 4. The molecule has 2 nitrogen and oxygen atoms in total. The van der Waals surface area contributed by atoms with Gasteiger partial charge in [0.15, 0.2) is 0 Å². The largest absolute Gasteiger partial charge is 0.310 e. The monoisotopic (exact) mass is 670 g/mol. The maximum atomic E-state index is 2.43. The predicted octanol–water partition coefficient (Wildman–Crippen LogP) is 13.6. The fourth-order valence-corrected chi connectivity index (χ4v) is 8.46. The summed E-state index contributed by atoms with van der Waals surface area (Å²) in [7, 11) is 0. The molecule has 0 saturated carbocycles. The molecule has 0 saturated heterocycles. The van der Waals surface area contributed by atoms with E-state index in [1.54, 1.807) is 0 Å². The minimum absolute atomic E-state index is 0.0599. The van der Waals surface area contributed by atoms with Gasteiger partial charge in [-0.2, -0.15) is 0 Å². The molecule has 7 aromatic rings. The Balaban J connectivity index is 1.12. The van der Waals surface area contributed by atoms with Gasteiger partial charge in [-0.05, 0) is 118 Å². The van der Waals surface area contributed by atoms with Gasteiger partial charge < -0.3 is 9.47 Å². The fourth-order valence-electron chi connectivity index (χ4n) is 7.64. The van der Waals surface area contributed by atoms with Crippen LogP contribution in [0.25, 0.3) is 27.5 Å². The summed E-state index contributed by atoms with van der Waals surface area (Å²) in [5.41, 5.74) is 12.9. The van der Waals surface area contributed by atoms with Gasteiger partial charge in [0.2, 0.25) is 0 Å². The Labute approximate surface area is 301 Å². The van der Waals surface area contributed by atoms with Crippen LogP contribution < -0.4 is 4.90 Å². The Hall–Kier alpha value is -4.73. The molecular formula is C47H46N2S. The average molecular weight is 671 g/mol. The minimum Gasteiger partial charge on any atom is -0.310 e. The van der Waals surface area contributed by atoms with Crippen molar-refractivity contribution >= 4 is 50.6 Å². The van der Waals surface area contributed by atoms with Crippen molar-refractivity contribution in [1.82, 2.24) is 4.57 Å². The Morgan fingerprint density at radius 3 is 1.34 bits per heavy atom. The van der Waals surface area contributed by atoms with Crippen LogP contribution in [-0.4, -0.2) is 4.57 Å². The lowest BCUT2D eigenvalue weighted by molar-refractivity contribution is 0.590. The van der Waals surface area contributed by atoms with Crippen LogP contribution in [0.2, 0.25) is 0 Å². The second kappa shape index (κ2) is 11.7. The highest BCUT2D eigenvalue weighted by Crippen LogP contribution is 2.51. The lowest BCUT2D eigenvalue weighted by Crippen LogP contribution is -2.30. The Kier molecular flexibility index (Phi) is 7.58. The maximum Gasteiger partial charge on any atom is 0.0541 e. The number of anilines is 3. The van der Waals surface area contributed by atoms with Crippen molar-refractivity contribution in [2.45, 2.75) is 81.4 Å². The number of aromatic nitrogens is 1. The highest BCUT2D eigenvalue weighted by Gasteiger charge is 2.36. The molecule has 0 atom stereocenters. The SMILES string of the molecule is CC(C)(C)c1ccc2c(c1)c1cc(C(C)(C)C)ccc1n2-c1ccc(Sc2ccc(N3c4ccccc4C(C)(C)c4ccccc43)cc2)cc1. The van der Waals surface area contributed by atoms with Crippen LogP contribution in [0.4, 0.5) is 17.1 Å². The molecule has 0 radical (unpaired) electrons. The highest BCUT2D eigenvalue weighted by atomic mass is 32.2. The van der Waals surface area contributed by atoms with E-state index in [1.165, 1.54) is 76.6 Å². The van der Waals surface area contributed by atoms with Gasteiger partial charge in [-0.1, -0.05) is 116 Å². The van der Waals surface area contributed by atoms with E-state index >= 15 is 0 Å². The molecule has 6 aromatic carbocycles. The molecule has 8 rings (SSSR count). The quantitative estimate of drug-likeness (QED) is 0.184. The standard InChI is InChI=1S/C47H46N2S/c1-45(2,3)31-17-27-41-37(29-31)38-30-32(46(4,5)6)18-28-42(38)48(41)33-19-23-35(24-20-33)50-36-25-21-34(22-26-36)49-43-15-11-9-13-39(43)47(7,8)40-14-10-12-16-44(40)49/h9-30H,1-8H3. The Morgan fingerprint density at radius 1 is 0.480 bits per heavy atom. The number of fused-ring (bicyclic) bond motifs is 5.